The molecule has 6 heteroatoms. The zero-order valence-electron chi connectivity index (χ0n) is 9.76. The van der Waals surface area contributed by atoms with Gasteiger partial charge in [0.1, 0.15) is 6.54 Å². The van der Waals surface area contributed by atoms with E-state index in [1.807, 2.05) is 0 Å². The van der Waals surface area contributed by atoms with Gasteiger partial charge in [0.05, 0.1) is 18.0 Å². The molecule has 0 bridgehead atoms. The molecule has 1 saturated heterocycles. The lowest BCUT2D eigenvalue weighted by Crippen LogP contribution is -2.37. The number of aromatic nitrogens is 2. The van der Waals surface area contributed by atoms with Gasteiger partial charge in [-0.1, -0.05) is 0 Å². The maximum absolute atomic E-state index is 11.6. The molecule has 1 aliphatic heterocycles. The fraction of sp³-hybridized carbons (Fsp3) is 0.636. The standard InChI is InChI=1S/C11H18N4O2/c12-9-5-14-15(7-9)8-11(16)13-6-10-3-1-2-4-17-10/h5,7,10H,1-4,6,8,12H2,(H,13,16). The number of hydrogen-bond acceptors (Lipinski definition) is 4. The van der Waals surface area contributed by atoms with Crippen molar-refractivity contribution in [3.63, 3.8) is 0 Å². The van der Waals surface area contributed by atoms with Crippen molar-refractivity contribution in [3.8, 4) is 0 Å². The summed E-state index contributed by atoms with van der Waals surface area (Å²) >= 11 is 0. The van der Waals surface area contributed by atoms with Crippen LogP contribution in [-0.2, 0) is 16.1 Å². The minimum absolute atomic E-state index is 0.0673. The van der Waals surface area contributed by atoms with Crippen molar-refractivity contribution in [1.29, 1.82) is 0 Å². The van der Waals surface area contributed by atoms with Gasteiger partial charge >= 0.3 is 0 Å². The highest BCUT2D eigenvalue weighted by Crippen LogP contribution is 2.11. The van der Waals surface area contributed by atoms with E-state index in [0.29, 0.717) is 12.2 Å². The summed E-state index contributed by atoms with van der Waals surface area (Å²) in [5.74, 6) is -0.0673. The Morgan fingerprint density at radius 1 is 1.65 bits per heavy atom. The Bertz CT molecular complexity index is 371. The summed E-state index contributed by atoms with van der Waals surface area (Å²) in [6, 6.07) is 0. The van der Waals surface area contributed by atoms with E-state index in [-0.39, 0.29) is 18.6 Å². The zero-order valence-corrected chi connectivity index (χ0v) is 9.76. The largest absolute Gasteiger partial charge is 0.396 e. The summed E-state index contributed by atoms with van der Waals surface area (Å²) in [5, 5.41) is 6.79. The molecule has 1 aromatic rings. The van der Waals surface area contributed by atoms with Crippen LogP contribution in [0.15, 0.2) is 12.4 Å². The van der Waals surface area contributed by atoms with Crippen LogP contribution >= 0.6 is 0 Å². The maximum atomic E-state index is 11.6. The first kappa shape index (κ1) is 11.9. The highest BCUT2D eigenvalue weighted by molar-refractivity contribution is 5.75. The van der Waals surface area contributed by atoms with Crippen molar-refractivity contribution in [2.45, 2.75) is 31.9 Å². The lowest BCUT2D eigenvalue weighted by Gasteiger charge is -2.22. The molecule has 1 fully saturated rings. The molecule has 1 atom stereocenters. The Hall–Kier alpha value is -1.56. The van der Waals surface area contributed by atoms with Crippen LogP contribution in [0, 0.1) is 0 Å². The van der Waals surface area contributed by atoms with Crippen LogP contribution in [0.5, 0.6) is 0 Å². The minimum Gasteiger partial charge on any atom is -0.396 e. The highest BCUT2D eigenvalue weighted by atomic mass is 16.5. The number of anilines is 1. The summed E-state index contributed by atoms with van der Waals surface area (Å²) in [7, 11) is 0. The Labute approximate surface area is 100 Å². The number of nitrogens with zero attached hydrogens (tertiary/aromatic N) is 2. The number of nitrogen functional groups attached to an aromatic ring is 1. The average Bonchev–Trinajstić information content (AvgIpc) is 2.73. The Kier molecular flexibility index (Phi) is 3.98. The Balaban J connectivity index is 1.70. The lowest BCUT2D eigenvalue weighted by molar-refractivity contribution is -0.122. The second kappa shape index (κ2) is 5.67. The van der Waals surface area contributed by atoms with Crippen LogP contribution in [0.2, 0.25) is 0 Å². The monoisotopic (exact) mass is 238 g/mol. The topological polar surface area (TPSA) is 82.2 Å². The van der Waals surface area contributed by atoms with Crippen LogP contribution in [0.4, 0.5) is 5.69 Å². The fourth-order valence-corrected chi connectivity index (χ4v) is 1.87. The number of carbonyl (C=O) groups excluding carboxylic acids is 1. The van der Waals surface area contributed by atoms with Crippen molar-refractivity contribution in [2.24, 2.45) is 0 Å². The smallest absolute Gasteiger partial charge is 0.241 e. The summed E-state index contributed by atoms with van der Waals surface area (Å²) in [6.07, 6.45) is 6.64. The van der Waals surface area contributed by atoms with E-state index >= 15 is 0 Å². The third-order valence-corrected chi connectivity index (χ3v) is 2.76. The van der Waals surface area contributed by atoms with Gasteiger partial charge in [-0.05, 0) is 19.3 Å². The van der Waals surface area contributed by atoms with Gasteiger partial charge in [0, 0.05) is 19.3 Å². The third kappa shape index (κ3) is 3.74. The zero-order chi connectivity index (χ0) is 12.1. The van der Waals surface area contributed by atoms with Gasteiger partial charge in [-0.15, -0.1) is 0 Å². The summed E-state index contributed by atoms with van der Waals surface area (Å²) in [6.45, 7) is 1.58. The Morgan fingerprint density at radius 2 is 2.53 bits per heavy atom. The molecular formula is C11H18N4O2. The van der Waals surface area contributed by atoms with Gasteiger partial charge < -0.3 is 15.8 Å². The number of ether oxygens (including phenoxy) is 1. The van der Waals surface area contributed by atoms with Gasteiger partial charge in [0.15, 0.2) is 0 Å². The molecule has 2 heterocycles. The van der Waals surface area contributed by atoms with Crippen molar-refractivity contribution in [1.82, 2.24) is 15.1 Å². The highest BCUT2D eigenvalue weighted by Gasteiger charge is 2.14. The molecular weight excluding hydrogens is 220 g/mol. The first-order chi connectivity index (χ1) is 8.24. The van der Waals surface area contributed by atoms with E-state index in [1.54, 1.807) is 6.20 Å². The van der Waals surface area contributed by atoms with E-state index in [9.17, 15) is 4.79 Å². The van der Waals surface area contributed by atoms with E-state index < -0.39 is 0 Å². The van der Waals surface area contributed by atoms with Crippen molar-refractivity contribution < 1.29 is 9.53 Å². The number of rotatable bonds is 4. The number of carbonyl (C=O) groups is 1. The molecule has 0 aliphatic carbocycles. The van der Waals surface area contributed by atoms with Crippen LogP contribution in [0.25, 0.3) is 0 Å². The second-order valence-corrected chi connectivity index (χ2v) is 4.26. The van der Waals surface area contributed by atoms with Crippen LogP contribution in [-0.4, -0.2) is 34.9 Å². The van der Waals surface area contributed by atoms with Crippen molar-refractivity contribution in [3.05, 3.63) is 12.4 Å². The average molecular weight is 238 g/mol. The molecule has 0 aromatic carbocycles. The fourth-order valence-electron chi connectivity index (χ4n) is 1.87. The SMILES string of the molecule is Nc1cnn(CC(=O)NCC2CCCCO2)c1. The number of nitrogens with two attached hydrogens (primary N) is 1. The van der Waals surface area contributed by atoms with Gasteiger partial charge in [0.2, 0.25) is 5.91 Å². The van der Waals surface area contributed by atoms with Gasteiger partial charge in [-0.2, -0.15) is 5.10 Å². The predicted octanol–water partition coefficient (Wildman–Crippen LogP) is 0.151. The molecule has 1 aromatic heterocycles. The second-order valence-electron chi connectivity index (χ2n) is 4.26. The molecule has 1 aliphatic rings. The minimum atomic E-state index is -0.0673. The first-order valence-corrected chi connectivity index (χ1v) is 5.90. The maximum Gasteiger partial charge on any atom is 0.241 e. The van der Waals surface area contributed by atoms with Crippen LogP contribution < -0.4 is 11.1 Å². The van der Waals surface area contributed by atoms with E-state index in [1.165, 1.54) is 17.3 Å². The molecule has 17 heavy (non-hydrogen) atoms. The van der Waals surface area contributed by atoms with Gasteiger partial charge in [-0.25, -0.2) is 0 Å². The third-order valence-electron chi connectivity index (χ3n) is 2.76. The Morgan fingerprint density at radius 3 is 3.18 bits per heavy atom. The molecule has 0 saturated carbocycles. The normalized spacial score (nSPS) is 20.1. The van der Waals surface area contributed by atoms with Crippen LogP contribution in [0.1, 0.15) is 19.3 Å². The van der Waals surface area contributed by atoms with E-state index in [4.69, 9.17) is 10.5 Å². The predicted molar refractivity (Wildman–Crippen MR) is 63.2 cm³/mol. The van der Waals surface area contributed by atoms with E-state index in [0.717, 1.165) is 19.4 Å². The van der Waals surface area contributed by atoms with E-state index in [2.05, 4.69) is 10.4 Å². The number of hydrogen-bond donors (Lipinski definition) is 2. The molecule has 3 N–H and O–H groups in total. The molecule has 0 radical (unpaired) electrons. The summed E-state index contributed by atoms with van der Waals surface area (Å²) in [5.41, 5.74) is 6.07. The van der Waals surface area contributed by atoms with Gasteiger partial charge in [0.25, 0.3) is 0 Å². The molecule has 0 spiro atoms. The summed E-state index contributed by atoms with van der Waals surface area (Å²) in [4.78, 5) is 11.6. The lowest BCUT2D eigenvalue weighted by atomic mass is 10.1. The number of nitrogens with one attached hydrogen (secondary N) is 1. The summed E-state index contributed by atoms with van der Waals surface area (Å²) < 4.78 is 7.05. The molecule has 2 rings (SSSR count). The molecule has 94 valence electrons. The number of amides is 1. The molecule has 1 unspecified atom stereocenters. The van der Waals surface area contributed by atoms with Crippen LogP contribution in [0.3, 0.4) is 0 Å². The van der Waals surface area contributed by atoms with Crippen molar-refractivity contribution >= 4 is 11.6 Å². The molecule has 1 amide bonds. The molecule has 6 nitrogen and oxygen atoms in total. The quantitative estimate of drug-likeness (QED) is 0.782. The van der Waals surface area contributed by atoms with Crippen molar-refractivity contribution in [2.75, 3.05) is 18.9 Å². The first-order valence-electron chi connectivity index (χ1n) is 5.90. The van der Waals surface area contributed by atoms with Gasteiger partial charge in [-0.3, -0.25) is 9.48 Å².